The van der Waals surface area contributed by atoms with Crippen LogP contribution in [0.2, 0.25) is 0 Å². The van der Waals surface area contributed by atoms with E-state index in [0.29, 0.717) is 6.54 Å². The van der Waals surface area contributed by atoms with E-state index in [2.05, 4.69) is 15.6 Å². The van der Waals surface area contributed by atoms with Crippen molar-refractivity contribution in [2.24, 2.45) is 0 Å². The Labute approximate surface area is 105 Å². The average Bonchev–Trinajstić information content (AvgIpc) is 2.52. The lowest BCUT2D eigenvalue weighted by molar-refractivity contribution is -0.121. The van der Waals surface area contributed by atoms with Crippen LogP contribution in [0.4, 0.5) is 0 Å². The van der Waals surface area contributed by atoms with Gasteiger partial charge < -0.3 is 0 Å². The molecular formula is C11H16N4OS. The van der Waals surface area contributed by atoms with E-state index in [1.807, 2.05) is 22.5 Å². The highest BCUT2D eigenvalue weighted by Gasteiger charge is 2.23. The number of Topliss-reactive ketones (excluding diaryl/α,β-unsaturated/α-hetero) is 1. The smallest absolute Gasteiger partial charge is 0.179 e. The van der Waals surface area contributed by atoms with Crippen molar-refractivity contribution in [1.82, 2.24) is 19.9 Å². The normalized spacial score (nSPS) is 22.4. The first-order chi connectivity index (χ1) is 8.29. The van der Waals surface area contributed by atoms with Crippen LogP contribution in [0.5, 0.6) is 0 Å². The summed E-state index contributed by atoms with van der Waals surface area (Å²) < 4.78 is 2.04. The maximum Gasteiger partial charge on any atom is 0.179 e. The van der Waals surface area contributed by atoms with Crippen LogP contribution in [-0.4, -0.2) is 47.9 Å². The number of carbonyl (C=O) groups is 1. The molecule has 5 nitrogen and oxygen atoms in total. The van der Waals surface area contributed by atoms with Crippen LogP contribution in [0.25, 0.3) is 0 Å². The van der Waals surface area contributed by atoms with Gasteiger partial charge in [-0.05, 0) is 31.1 Å². The van der Waals surface area contributed by atoms with E-state index in [9.17, 15) is 4.79 Å². The summed E-state index contributed by atoms with van der Waals surface area (Å²) in [6, 6.07) is 5.78. The average molecular weight is 252 g/mol. The summed E-state index contributed by atoms with van der Waals surface area (Å²) in [7, 11) is 1.79. The molecular weight excluding hydrogens is 236 g/mol. The fraction of sp³-hybridized carbons (Fsp3) is 0.455. The predicted octanol–water partition coefficient (Wildman–Crippen LogP) is 0.108. The van der Waals surface area contributed by atoms with Crippen molar-refractivity contribution in [3.63, 3.8) is 0 Å². The number of nitrogens with zero attached hydrogens (tertiary/aromatic N) is 2. The molecule has 1 unspecified atom stereocenters. The van der Waals surface area contributed by atoms with Crippen LogP contribution in [0.1, 0.15) is 0 Å². The Balaban J connectivity index is 1.96. The predicted molar refractivity (Wildman–Crippen MR) is 67.5 cm³/mol. The zero-order valence-corrected chi connectivity index (χ0v) is 10.5. The van der Waals surface area contributed by atoms with Crippen molar-refractivity contribution in [2.45, 2.75) is 11.2 Å². The Morgan fingerprint density at radius 1 is 1.59 bits per heavy atom. The van der Waals surface area contributed by atoms with Crippen molar-refractivity contribution in [3.05, 3.63) is 24.4 Å². The molecule has 0 spiro atoms. The molecule has 17 heavy (non-hydrogen) atoms. The van der Waals surface area contributed by atoms with Gasteiger partial charge in [0, 0.05) is 19.3 Å². The summed E-state index contributed by atoms with van der Waals surface area (Å²) >= 11 is 1.53. The molecule has 2 rings (SSSR count). The maximum atomic E-state index is 11.8. The molecule has 0 amide bonds. The van der Waals surface area contributed by atoms with Gasteiger partial charge in [-0.2, -0.15) is 0 Å². The summed E-state index contributed by atoms with van der Waals surface area (Å²) in [5, 5.41) is 7.05. The van der Waals surface area contributed by atoms with E-state index in [4.69, 9.17) is 0 Å². The van der Waals surface area contributed by atoms with E-state index in [1.165, 1.54) is 11.9 Å². The molecule has 6 heteroatoms. The van der Waals surface area contributed by atoms with Gasteiger partial charge in [-0.3, -0.25) is 15.4 Å². The second-order valence-electron chi connectivity index (χ2n) is 3.76. The van der Waals surface area contributed by atoms with Crippen LogP contribution in [0.15, 0.2) is 29.4 Å². The maximum absolute atomic E-state index is 11.8. The highest BCUT2D eigenvalue weighted by Crippen LogP contribution is 2.19. The minimum Gasteiger partial charge on any atom is -0.299 e. The monoisotopic (exact) mass is 252 g/mol. The van der Waals surface area contributed by atoms with Gasteiger partial charge in [-0.25, -0.2) is 9.29 Å². The van der Waals surface area contributed by atoms with Gasteiger partial charge in [0.05, 0.1) is 6.54 Å². The van der Waals surface area contributed by atoms with E-state index < -0.39 is 0 Å². The molecule has 1 aliphatic rings. The molecule has 2 heterocycles. The topological polar surface area (TPSA) is 57.3 Å². The van der Waals surface area contributed by atoms with Crippen LogP contribution in [-0.2, 0) is 4.79 Å². The Hall–Kier alpha value is -0.950. The minimum atomic E-state index is -0.232. The lowest BCUT2D eigenvalue weighted by atomic mass is 10.3. The fourth-order valence-electron chi connectivity index (χ4n) is 1.67. The Morgan fingerprint density at radius 2 is 2.47 bits per heavy atom. The Morgan fingerprint density at radius 3 is 3.18 bits per heavy atom. The fourth-order valence-corrected chi connectivity index (χ4v) is 2.55. The lowest BCUT2D eigenvalue weighted by Gasteiger charge is -2.16. The summed E-state index contributed by atoms with van der Waals surface area (Å²) in [6.07, 6.45) is 1.53. The number of carbonyl (C=O) groups excluding carboxylic acids is 1. The molecule has 0 saturated carbocycles. The molecule has 1 saturated heterocycles. The third kappa shape index (κ3) is 3.50. The molecule has 92 valence electrons. The summed E-state index contributed by atoms with van der Waals surface area (Å²) in [5.41, 5.74) is 0. The van der Waals surface area contributed by atoms with Crippen LogP contribution >= 0.6 is 11.9 Å². The summed E-state index contributed by atoms with van der Waals surface area (Å²) in [6.45, 7) is 2.04. The SMILES string of the molecule is CNC1NCCN(Sc2ccccn2)CC1=O. The van der Waals surface area contributed by atoms with Crippen LogP contribution < -0.4 is 10.6 Å². The summed E-state index contributed by atoms with van der Waals surface area (Å²) in [4.78, 5) is 16.1. The largest absolute Gasteiger partial charge is 0.299 e. The molecule has 0 radical (unpaired) electrons. The van der Waals surface area contributed by atoms with Crippen LogP contribution in [0.3, 0.4) is 0 Å². The van der Waals surface area contributed by atoms with E-state index in [-0.39, 0.29) is 11.9 Å². The number of ketones is 1. The molecule has 1 fully saturated rings. The second-order valence-corrected chi connectivity index (χ2v) is 4.88. The van der Waals surface area contributed by atoms with Crippen LogP contribution in [0, 0.1) is 0 Å². The van der Waals surface area contributed by atoms with Crippen molar-refractivity contribution in [1.29, 1.82) is 0 Å². The standard InChI is InChI=1S/C11H16N4OS/c1-12-11-9(16)8-15(7-6-14-11)17-10-4-2-3-5-13-10/h2-5,11-12,14H,6-8H2,1H3. The first kappa shape index (κ1) is 12.5. The number of aromatic nitrogens is 1. The molecule has 2 N–H and O–H groups in total. The molecule has 1 atom stereocenters. The van der Waals surface area contributed by atoms with E-state index >= 15 is 0 Å². The third-order valence-electron chi connectivity index (χ3n) is 2.51. The number of rotatable bonds is 3. The highest BCUT2D eigenvalue weighted by atomic mass is 32.2. The second kappa shape index (κ2) is 6.11. The molecule has 0 bridgehead atoms. The molecule has 1 aromatic heterocycles. The molecule has 0 aliphatic carbocycles. The van der Waals surface area contributed by atoms with Gasteiger partial charge in [0.15, 0.2) is 5.78 Å². The van der Waals surface area contributed by atoms with Gasteiger partial charge in [0.25, 0.3) is 0 Å². The number of pyridine rings is 1. The minimum absolute atomic E-state index is 0.161. The number of hydrogen-bond acceptors (Lipinski definition) is 6. The number of likely N-dealkylation sites (N-methyl/N-ethyl adjacent to an activating group) is 1. The van der Waals surface area contributed by atoms with E-state index in [1.54, 1.807) is 13.2 Å². The highest BCUT2D eigenvalue weighted by molar-refractivity contribution is 7.97. The Bertz CT molecular complexity index is 373. The van der Waals surface area contributed by atoms with Crippen molar-refractivity contribution in [3.8, 4) is 0 Å². The zero-order valence-electron chi connectivity index (χ0n) is 9.72. The molecule has 1 aromatic rings. The number of hydrogen-bond donors (Lipinski definition) is 2. The lowest BCUT2D eigenvalue weighted by Crippen LogP contribution is -2.46. The van der Waals surface area contributed by atoms with Gasteiger partial charge >= 0.3 is 0 Å². The third-order valence-corrected chi connectivity index (χ3v) is 3.51. The van der Waals surface area contributed by atoms with Crippen molar-refractivity contribution in [2.75, 3.05) is 26.7 Å². The van der Waals surface area contributed by atoms with Crippen molar-refractivity contribution < 1.29 is 4.79 Å². The van der Waals surface area contributed by atoms with Gasteiger partial charge in [-0.15, -0.1) is 0 Å². The summed E-state index contributed by atoms with van der Waals surface area (Å²) in [5.74, 6) is 0.161. The first-order valence-corrected chi connectivity index (χ1v) is 6.34. The van der Waals surface area contributed by atoms with E-state index in [0.717, 1.165) is 18.1 Å². The zero-order chi connectivity index (χ0) is 12.1. The Kier molecular flexibility index (Phi) is 4.49. The number of nitrogens with one attached hydrogen (secondary N) is 2. The van der Waals surface area contributed by atoms with Crippen molar-refractivity contribution >= 4 is 17.7 Å². The molecule has 1 aliphatic heterocycles. The van der Waals surface area contributed by atoms with Gasteiger partial charge in [-0.1, -0.05) is 6.07 Å². The van der Waals surface area contributed by atoms with Gasteiger partial charge in [0.1, 0.15) is 11.2 Å². The molecule has 0 aromatic carbocycles. The first-order valence-electron chi connectivity index (χ1n) is 5.57. The van der Waals surface area contributed by atoms with Gasteiger partial charge in [0.2, 0.25) is 0 Å². The quantitative estimate of drug-likeness (QED) is 0.745.